The summed E-state index contributed by atoms with van der Waals surface area (Å²) in [6.07, 6.45) is 4.41. The van der Waals surface area contributed by atoms with Gasteiger partial charge in [-0.15, -0.1) is 0 Å². The van der Waals surface area contributed by atoms with Crippen molar-refractivity contribution in [2.75, 3.05) is 24.4 Å². The fourth-order valence-corrected chi connectivity index (χ4v) is 7.24. The van der Waals surface area contributed by atoms with Crippen molar-refractivity contribution in [2.45, 2.75) is 77.3 Å². The third-order valence-corrected chi connectivity index (χ3v) is 10.4. The molecule has 1 unspecified atom stereocenters. The van der Waals surface area contributed by atoms with Crippen LogP contribution in [-0.4, -0.2) is 62.2 Å². The minimum Gasteiger partial charge on any atom is -0.457 e. The van der Waals surface area contributed by atoms with Crippen molar-refractivity contribution in [2.24, 2.45) is 0 Å². The second-order valence-electron chi connectivity index (χ2n) is 13.7. The van der Waals surface area contributed by atoms with Gasteiger partial charge in [-0.3, -0.25) is 9.59 Å². The van der Waals surface area contributed by atoms with E-state index >= 15 is 0 Å². The summed E-state index contributed by atoms with van der Waals surface area (Å²) in [7, 11) is 0. The molecule has 2 N–H and O–H groups in total. The number of aliphatic hydroxyl groups excluding tert-OH is 1. The van der Waals surface area contributed by atoms with Crippen molar-refractivity contribution >= 4 is 29.4 Å². The Labute approximate surface area is 317 Å². The Balaban J connectivity index is 1.31. The molecule has 0 saturated carbocycles. The first kappa shape index (κ1) is 37.7. The molecule has 10 heteroatoms. The van der Waals surface area contributed by atoms with Crippen LogP contribution in [0, 0.1) is 13.8 Å². The van der Waals surface area contributed by atoms with Gasteiger partial charge in [-0.2, -0.15) is 5.10 Å². The fourth-order valence-electron chi connectivity index (χ4n) is 6.56. The molecule has 1 aliphatic heterocycles. The molecule has 1 atom stereocenters. The molecular formula is C43H49N5O4S. The Morgan fingerprint density at radius 1 is 0.887 bits per heavy atom. The normalized spacial score (nSPS) is 13.8. The van der Waals surface area contributed by atoms with Crippen LogP contribution >= 0.6 is 11.9 Å². The van der Waals surface area contributed by atoms with Gasteiger partial charge in [0.2, 0.25) is 0 Å². The number of carbonyl (C=O) groups is 2. The summed E-state index contributed by atoms with van der Waals surface area (Å²) in [6, 6.07) is 30.9. The van der Waals surface area contributed by atoms with Crippen molar-refractivity contribution in [1.82, 2.24) is 19.6 Å². The Kier molecular flexibility index (Phi) is 12.5. The van der Waals surface area contributed by atoms with Crippen LogP contribution in [0.25, 0.3) is 5.69 Å². The maximum Gasteiger partial charge on any atom is 0.274 e. The van der Waals surface area contributed by atoms with Crippen LogP contribution in [-0.2, 0) is 13.0 Å². The number of aliphatic hydroxyl groups is 1. The number of anilines is 1. The van der Waals surface area contributed by atoms with E-state index in [1.165, 1.54) is 17.5 Å². The van der Waals surface area contributed by atoms with Crippen molar-refractivity contribution in [3.8, 4) is 17.2 Å². The van der Waals surface area contributed by atoms with Crippen molar-refractivity contribution in [3.63, 3.8) is 0 Å². The minimum atomic E-state index is -0.381. The van der Waals surface area contributed by atoms with E-state index in [1.807, 2.05) is 110 Å². The second kappa shape index (κ2) is 17.6. The van der Waals surface area contributed by atoms with E-state index in [9.17, 15) is 14.7 Å². The molecule has 0 aliphatic carbocycles. The van der Waals surface area contributed by atoms with Crippen molar-refractivity contribution in [1.29, 1.82) is 0 Å². The third-order valence-electron chi connectivity index (χ3n) is 9.59. The number of carbonyl (C=O) groups excluding carboxylic acids is 2. The Bertz CT molecular complexity index is 2020. The molecule has 5 aromatic rings. The van der Waals surface area contributed by atoms with Gasteiger partial charge < -0.3 is 24.4 Å². The summed E-state index contributed by atoms with van der Waals surface area (Å²) >= 11 is 1.41. The van der Waals surface area contributed by atoms with E-state index in [0.29, 0.717) is 43.0 Å². The Morgan fingerprint density at radius 2 is 1.62 bits per heavy atom. The predicted octanol–water partition coefficient (Wildman–Crippen LogP) is 9.00. The second-order valence-corrected chi connectivity index (χ2v) is 14.5. The summed E-state index contributed by atoms with van der Waals surface area (Å²) in [5.74, 6) is 1.16. The number of unbranched alkanes of at least 4 members (excludes halogenated alkanes) is 2. The first-order valence-corrected chi connectivity index (χ1v) is 19.4. The summed E-state index contributed by atoms with van der Waals surface area (Å²) in [4.78, 5) is 33.0. The van der Waals surface area contributed by atoms with Gasteiger partial charge in [0.1, 0.15) is 11.5 Å². The molecule has 4 aromatic carbocycles. The van der Waals surface area contributed by atoms with Gasteiger partial charge in [0, 0.05) is 35.9 Å². The average molecular weight is 732 g/mol. The lowest BCUT2D eigenvalue weighted by molar-refractivity contribution is 0.0544. The number of fused-ring (bicyclic) bond motifs is 1. The van der Waals surface area contributed by atoms with Crippen molar-refractivity contribution < 1.29 is 19.4 Å². The van der Waals surface area contributed by atoms with Crippen LogP contribution < -0.4 is 9.46 Å². The topological polar surface area (TPSA) is 99.9 Å². The van der Waals surface area contributed by atoms with E-state index in [-0.39, 0.29) is 24.5 Å². The van der Waals surface area contributed by atoms with Gasteiger partial charge in [0.05, 0.1) is 23.9 Å². The smallest absolute Gasteiger partial charge is 0.274 e. The zero-order valence-electron chi connectivity index (χ0n) is 31.0. The summed E-state index contributed by atoms with van der Waals surface area (Å²) in [5, 5.41) is 15.3. The quantitative estimate of drug-likeness (QED) is 0.104. The number of aromatic nitrogens is 2. The van der Waals surface area contributed by atoms with Gasteiger partial charge in [-0.05, 0) is 111 Å². The first-order valence-electron chi connectivity index (χ1n) is 18.5. The number of nitrogens with one attached hydrogen (secondary N) is 1. The highest BCUT2D eigenvalue weighted by Gasteiger charge is 2.32. The zero-order chi connectivity index (χ0) is 37.3. The van der Waals surface area contributed by atoms with Crippen LogP contribution in [0.5, 0.6) is 11.5 Å². The van der Waals surface area contributed by atoms with Crippen LogP contribution in [0.15, 0.2) is 102 Å². The van der Waals surface area contributed by atoms with E-state index in [4.69, 9.17) is 9.84 Å². The minimum absolute atomic E-state index is 0.0992. The third kappa shape index (κ3) is 9.12. The highest BCUT2D eigenvalue weighted by atomic mass is 32.2. The number of nitrogens with zero attached hydrogens (tertiary/aromatic N) is 4. The van der Waals surface area contributed by atoms with Crippen LogP contribution in [0.2, 0.25) is 0 Å². The van der Waals surface area contributed by atoms with Crippen LogP contribution in [0.4, 0.5) is 5.69 Å². The Hall–Kier alpha value is -5.06. The number of ether oxygens (including phenoxy) is 1. The van der Waals surface area contributed by atoms with Gasteiger partial charge >= 0.3 is 0 Å². The molecule has 2 heterocycles. The lowest BCUT2D eigenvalue weighted by Crippen LogP contribution is -2.46. The molecule has 0 bridgehead atoms. The SMILES string of the molecule is CCCCN(CCCC)C(=O)c1cc(C)n(-c2ccc(NSc3cccc(Oc4ccc(C)cc4)c3)cc2C(=O)N2Cc3ccccc3CC2CO)n1. The monoisotopic (exact) mass is 731 g/mol. The molecule has 1 aliphatic rings. The molecular weight excluding hydrogens is 683 g/mol. The summed E-state index contributed by atoms with van der Waals surface area (Å²) in [5.41, 5.74) is 6.18. The predicted molar refractivity (Wildman–Crippen MR) is 212 cm³/mol. The first-order chi connectivity index (χ1) is 25.8. The number of hydrogen-bond acceptors (Lipinski definition) is 7. The largest absolute Gasteiger partial charge is 0.457 e. The molecule has 0 radical (unpaired) electrons. The summed E-state index contributed by atoms with van der Waals surface area (Å²) < 4.78 is 11.2. The molecule has 0 fully saturated rings. The van der Waals surface area contributed by atoms with Gasteiger partial charge in [0.25, 0.3) is 11.8 Å². The molecule has 6 rings (SSSR count). The number of benzene rings is 4. The van der Waals surface area contributed by atoms with Gasteiger partial charge in [-0.1, -0.05) is 74.7 Å². The standard InChI is InChI=1S/C43H49N5O4S/c1-5-7-22-46(23-8-6-2)43(51)40-24-31(4)48(44-40)41-21-18-34(45-53-38-15-11-14-37(27-38)52-36-19-16-30(3)17-20-36)26-39(41)42(50)47-28-33-13-10-9-12-32(33)25-35(47)29-49/h9-21,24,26-27,35,45,49H,5-8,22-23,25,28-29H2,1-4H3. The maximum atomic E-state index is 14.7. The van der Waals surface area contributed by atoms with E-state index < -0.39 is 0 Å². The van der Waals surface area contributed by atoms with Gasteiger partial charge in [0.15, 0.2) is 5.69 Å². The lowest BCUT2D eigenvalue weighted by atomic mass is 9.93. The Morgan fingerprint density at radius 3 is 2.34 bits per heavy atom. The van der Waals surface area contributed by atoms with Gasteiger partial charge in [-0.25, -0.2) is 4.68 Å². The van der Waals surface area contributed by atoms with Crippen molar-refractivity contribution in [3.05, 3.63) is 131 Å². The molecule has 0 saturated heterocycles. The van der Waals surface area contributed by atoms with Crippen LogP contribution in [0.1, 0.15) is 82.8 Å². The molecule has 2 amide bonds. The molecule has 1 aromatic heterocycles. The number of hydrogen-bond donors (Lipinski definition) is 2. The summed E-state index contributed by atoms with van der Waals surface area (Å²) in [6.45, 7) is 9.78. The van der Waals surface area contributed by atoms with E-state index in [0.717, 1.165) is 64.6 Å². The highest BCUT2D eigenvalue weighted by Crippen LogP contribution is 2.32. The maximum absolute atomic E-state index is 14.7. The zero-order valence-corrected chi connectivity index (χ0v) is 31.9. The van der Waals surface area contributed by atoms with E-state index in [1.54, 1.807) is 9.58 Å². The average Bonchev–Trinajstić information content (AvgIpc) is 3.58. The number of amides is 2. The molecule has 0 spiro atoms. The molecule has 53 heavy (non-hydrogen) atoms. The molecule has 276 valence electrons. The number of rotatable bonds is 15. The fraction of sp³-hybridized carbons (Fsp3) is 0.326. The highest BCUT2D eigenvalue weighted by molar-refractivity contribution is 8.00. The van der Waals surface area contributed by atoms with E-state index in [2.05, 4.69) is 24.6 Å². The number of aryl methyl sites for hydroxylation is 2. The lowest BCUT2D eigenvalue weighted by Gasteiger charge is -2.36. The molecule has 9 nitrogen and oxygen atoms in total. The van der Waals surface area contributed by atoms with Crippen LogP contribution in [0.3, 0.4) is 0 Å².